The van der Waals surface area contributed by atoms with Crippen LogP contribution < -0.4 is 5.32 Å². The van der Waals surface area contributed by atoms with Crippen LogP contribution in [-0.2, 0) is 4.79 Å². The fourth-order valence-electron chi connectivity index (χ4n) is 2.59. The number of rotatable bonds is 2. The number of aromatic nitrogens is 1. The van der Waals surface area contributed by atoms with Gasteiger partial charge in [0.15, 0.2) is 0 Å². The fraction of sp³-hybridized carbons (Fsp3) is 0.267. The number of benzene rings is 1. The van der Waals surface area contributed by atoms with E-state index in [0.29, 0.717) is 18.8 Å². The van der Waals surface area contributed by atoms with Gasteiger partial charge in [-0.1, -0.05) is 24.3 Å². The number of hydrogen-bond donors (Lipinski definition) is 2. The van der Waals surface area contributed by atoms with E-state index in [9.17, 15) is 14.7 Å². The molecule has 108 valence electrons. The van der Waals surface area contributed by atoms with E-state index in [2.05, 4.69) is 10.3 Å². The molecule has 3 rings (SSSR count). The Labute approximate surface area is 121 Å². The van der Waals surface area contributed by atoms with Crippen molar-refractivity contribution in [2.75, 3.05) is 19.6 Å². The highest BCUT2D eigenvalue weighted by Gasteiger charge is 2.33. The van der Waals surface area contributed by atoms with Crippen LogP contribution in [0.1, 0.15) is 10.5 Å². The van der Waals surface area contributed by atoms with Crippen LogP contribution in [-0.4, -0.2) is 52.5 Å². The Morgan fingerprint density at radius 2 is 2.10 bits per heavy atom. The van der Waals surface area contributed by atoms with Crippen molar-refractivity contribution < 1.29 is 14.7 Å². The summed E-state index contributed by atoms with van der Waals surface area (Å²) >= 11 is 0. The zero-order chi connectivity index (χ0) is 14.8. The van der Waals surface area contributed by atoms with Gasteiger partial charge in [0.1, 0.15) is 11.7 Å². The molecule has 2 aromatic rings. The molecule has 1 fully saturated rings. The Morgan fingerprint density at radius 1 is 1.29 bits per heavy atom. The van der Waals surface area contributed by atoms with Crippen LogP contribution in [0, 0.1) is 0 Å². The maximum Gasteiger partial charge on any atom is 0.327 e. The van der Waals surface area contributed by atoms with Crippen LogP contribution in [0.5, 0.6) is 0 Å². The highest BCUT2D eigenvalue weighted by Crippen LogP contribution is 2.19. The maximum absolute atomic E-state index is 12.7. The second-order valence-corrected chi connectivity index (χ2v) is 4.94. The van der Waals surface area contributed by atoms with E-state index < -0.39 is 12.0 Å². The molecule has 1 aromatic carbocycles. The molecular weight excluding hydrogens is 270 g/mol. The number of carboxylic acid groups (broad SMARTS) is 1. The standard InChI is InChI=1S/C15H15N3O3/c19-14(18-8-7-16-9-12(18)15(20)21)13-11-4-2-1-3-10(11)5-6-17-13/h1-6,12,16H,7-9H2,(H,20,21). The number of carbonyl (C=O) groups is 2. The smallest absolute Gasteiger partial charge is 0.327 e. The highest BCUT2D eigenvalue weighted by atomic mass is 16.4. The zero-order valence-electron chi connectivity index (χ0n) is 11.3. The average molecular weight is 285 g/mol. The number of amides is 1. The first-order chi connectivity index (χ1) is 10.2. The Morgan fingerprint density at radius 3 is 2.90 bits per heavy atom. The summed E-state index contributed by atoms with van der Waals surface area (Å²) in [5, 5.41) is 13.9. The summed E-state index contributed by atoms with van der Waals surface area (Å²) in [6, 6.07) is 8.44. The van der Waals surface area contributed by atoms with Crippen LogP contribution in [0.25, 0.3) is 10.8 Å². The third-order valence-electron chi connectivity index (χ3n) is 3.67. The molecule has 6 heteroatoms. The number of hydrogen-bond acceptors (Lipinski definition) is 4. The first-order valence-electron chi connectivity index (χ1n) is 6.77. The normalized spacial score (nSPS) is 18.7. The summed E-state index contributed by atoms with van der Waals surface area (Å²) in [5.74, 6) is -1.34. The lowest BCUT2D eigenvalue weighted by molar-refractivity contribution is -0.142. The zero-order valence-corrected chi connectivity index (χ0v) is 11.3. The lowest BCUT2D eigenvalue weighted by Crippen LogP contribution is -2.57. The number of aliphatic carboxylic acids is 1. The summed E-state index contributed by atoms with van der Waals surface area (Å²) in [6.07, 6.45) is 1.58. The number of fused-ring (bicyclic) bond motifs is 1. The van der Waals surface area contributed by atoms with Gasteiger partial charge in [-0.2, -0.15) is 0 Å². The molecule has 0 bridgehead atoms. The van der Waals surface area contributed by atoms with Gasteiger partial charge in [-0.3, -0.25) is 9.78 Å². The molecule has 6 nitrogen and oxygen atoms in total. The van der Waals surface area contributed by atoms with Gasteiger partial charge in [0.25, 0.3) is 5.91 Å². The molecule has 1 amide bonds. The van der Waals surface area contributed by atoms with E-state index in [-0.39, 0.29) is 12.5 Å². The van der Waals surface area contributed by atoms with Crippen LogP contribution in [0.15, 0.2) is 36.5 Å². The molecule has 2 N–H and O–H groups in total. The van der Waals surface area contributed by atoms with E-state index in [1.54, 1.807) is 6.20 Å². The van der Waals surface area contributed by atoms with Crippen molar-refractivity contribution in [2.24, 2.45) is 0 Å². The molecule has 21 heavy (non-hydrogen) atoms. The Bertz CT molecular complexity index is 696. The minimum Gasteiger partial charge on any atom is -0.480 e. The van der Waals surface area contributed by atoms with Gasteiger partial charge in [0, 0.05) is 31.2 Å². The molecule has 0 saturated carbocycles. The number of pyridine rings is 1. The van der Waals surface area contributed by atoms with Crippen molar-refractivity contribution in [2.45, 2.75) is 6.04 Å². The van der Waals surface area contributed by atoms with Gasteiger partial charge in [0.05, 0.1) is 0 Å². The van der Waals surface area contributed by atoms with Gasteiger partial charge in [-0.15, -0.1) is 0 Å². The second kappa shape index (κ2) is 5.49. The molecule has 1 aromatic heterocycles. The number of nitrogens with zero attached hydrogens (tertiary/aromatic N) is 2. The summed E-state index contributed by atoms with van der Waals surface area (Å²) in [6.45, 7) is 1.20. The minimum atomic E-state index is -1.00. The van der Waals surface area contributed by atoms with Crippen molar-refractivity contribution in [1.82, 2.24) is 15.2 Å². The Kier molecular flexibility index (Phi) is 3.53. The maximum atomic E-state index is 12.7. The fourth-order valence-corrected chi connectivity index (χ4v) is 2.59. The van der Waals surface area contributed by atoms with Gasteiger partial charge in [0.2, 0.25) is 0 Å². The van der Waals surface area contributed by atoms with Crippen LogP contribution in [0.3, 0.4) is 0 Å². The quantitative estimate of drug-likeness (QED) is 0.850. The first-order valence-corrected chi connectivity index (χ1v) is 6.77. The van der Waals surface area contributed by atoms with Crippen molar-refractivity contribution in [3.63, 3.8) is 0 Å². The third-order valence-corrected chi connectivity index (χ3v) is 3.67. The van der Waals surface area contributed by atoms with Gasteiger partial charge in [-0.05, 0) is 11.5 Å². The van der Waals surface area contributed by atoms with Gasteiger partial charge >= 0.3 is 5.97 Å². The Hall–Kier alpha value is -2.47. The van der Waals surface area contributed by atoms with Crippen molar-refractivity contribution in [3.05, 3.63) is 42.2 Å². The van der Waals surface area contributed by atoms with Crippen molar-refractivity contribution >= 4 is 22.6 Å². The van der Waals surface area contributed by atoms with E-state index in [1.165, 1.54) is 4.90 Å². The summed E-state index contributed by atoms with van der Waals surface area (Å²) in [5.41, 5.74) is 0.307. The van der Waals surface area contributed by atoms with Crippen molar-refractivity contribution in [1.29, 1.82) is 0 Å². The molecule has 0 spiro atoms. The van der Waals surface area contributed by atoms with Crippen LogP contribution >= 0.6 is 0 Å². The first kappa shape index (κ1) is 13.5. The molecule has 1 saturated heterocycles. The Balaban J connectivity index is 2.01. The number of carbonyl (C=O) groups excluding carboxylic acids is 1. The molecular formula is C15H15N3O3. The monoisotopic (exact) mass is 285 g/mol. The molecule has 0 aliphatic carbocycles. The van der Waals surface area contributed by atoms with E-state index in [0.717, 1.165) is 10.8 Å². The summed E-state index contributed by atoms with van der Waals surface area (Å²) in [4.78, 5) is 29.6. The number of piperazine rings is 1. The molecule has 1 atom stereocenters. The second-order valence-electron chi connectivity index (χ2n) is 4.94. The molecule has 1 unspecified atom stereocenters. The SMILES string of the molecule is O=C(O)C1CNCCN1C(=O)c1nccc2ccccc12. The number of nitrogens with one attached hydrogen (secondary N) is 1. The highest BCUT2D eigenvalue weighted by molar-refractivity contribution is 6.06. The topological polar surface area (TPSA) is 82.5 Å². The summed E-state index contributed by atoms with van der Waals surface area (Å²) < 4.78 is 0. The average Bonchev–Trinajstić information content (AvgIpc) is 2.53. The predicted molar refractivity (Wildman–Crippen MR) is 77.1 cm³/mol. The van der Waals surface area contributed by atoms with Crippen molar-refractivity contribution in [3.8, 4) is 0 Å². The third kappa shape index (κ3) is 2.45. The lowest BCUT2D eigenvalue weighted by atomic mass is 10.1. The van der Waals surface area contributed by atoms with Crippen LogP contribution in [0.4, 0.5) is 0 Å². The minimum absolute atomic E-state index is 0.256. The predicted octanol–water partition coefficient (Wildman–Crippen LogP) is 0.733. The van der Waals surface area contributed by atoms with E-state index in [1.807, 2.05) is 30.3 Å². The molecule has 0 radical (unpaired) electrons. The number of carboxylic acids is 1. The lowest BCUT2D eigenvalue weighted by Gasteiger charge is -2.33. The molecule has 2 heterocycles. The van der Waals surface area contributed by atoms with Crippen LogP contribution in [0.2, 0.25) is 0 Å². The van der Waals surface area contributed by atoms with Gasteiger partial charge in [-0.25, -0.2) is 4.79 Å². The molecule has 1 aliphatic rings. The van der Waals surface area contributed by atoms with Gasteiger partial charge < -0.3 is 15.3 Å². The van der Waals surface area contributed by atoms with E-state index in [4.69, 9.17) is 0 Å². The molecule has 1 aliphatic heterocycles. The summed E-state index contributed by atoms with van der Waals surface area (Å²) in [7, 11) is 0. The van der Waals surface area contributed by atoms with E-state index >= 15 is 0 Å². The largest absolute Gasteiger partial charge is 0.480 e.